The Morgan fingerprint density at radius 2 is 2.00 bits per heavy atom. The SMILES string of the molecule is Cc1cnc(CC(C)N)nc1. The van der Waals surface area contributed by atoms with E-state index >= 15 is 0 Å². The first-order valence-corrected chi connectivity index (χ1v) is 3.71. The standard InChI is InChI=1S/C8H13N3/c1-6-4-10-8(11-5-6)3-7(2)9/h4-5,7H,3,9H2,1-2H3. The Kier molecular flexibility index (Phi) is 2.54. The molecule has 0 radical (unpaired) electrons. The van der Waals surface area contributed by atoms with E-state index in [4.69, 9.17) is 5.73 Å². The maximum atomic E-state index is 5.58. The number of aromatic nitrogens is 2. The molecule has 3 nitrogen and oxygen atoms in total. The van der Waals surface area contributed by atoms with Gasteiger partial charge in [0.25, 0.3) is 0 Å². The monoisotopic (exact) mass is 151 g/mol. The zero-order chi connectivity index (χ0) is 8.27. The van der Waals surface area contributed by atoms with Crippen molar-refractivity contribution in [1.29, 1.82) is 0 Å². The summed E-state index contributed by atoms with van der Waals surface area (Å²) in [5.41, 5.74) is 6.66. The zero-order valence-corrected chi connectivity index (χ0v) is 6.91. The Hall–Kier alpha value is -0.960. The van der Waals surface area contributed by atoms with Crippen LogP contribution in [0.15, 0.2) is 12.4 Å². The van der Waals surface area contributed by atoms with Gasteiger partial charge in [0.2, 0.25) is 0 Å². The van der Waals surface area contributed by atoms with Crippen molar-refractivity contribution in [3.63, 3.8) is 0 Å². The third kappa shape index (κ3) is 2.63. The van der Waals surface area contributed by atoms with E-state index in [0.717, 1.165) is 17.8 Å². The molecule has 1 aromatic rings. The van der Waals surface area contributed by atoms with Crippen LogP contribution in [0.2, 0.25) is 0 Å². The molecule has 0 bridgehead atoms. The van der Waals surface area contributed by atoms with Gasteiger partial charge in [-0.3, -0.25) is 0 Å². The van der Waals surface area contributed by atoms with E-state index in [1.165, 1.54) is 0 Å². The van der Waals surface area contributed by atoms with Gasteiger partial charge in [0.1, 0.15) is 5.82 Å². The second-order valence-corrected chi connectivity index (χ2v) is 2.86. The smallest absolute Gasteiger partial charge is 0.129 e. The summed E-state index contributed by atoms with van der Waals surface area (Å²) >= 11 is 0. The van der Waals surface area contributed by atoms with Crippen LogP contribution in [0.25, 0.3) is 0 Å². The van der Waals surface area contributed by atoms with E-state index < -0.39 is 0 Å². The Morgan fingerprint density at radius 3 is 2.45 bits per heavy atom. The molecule has 0 saturated carbocycles. The Morgan fingerprint density at radius 1 is 1.45 bits per heavy atom. The number of hydrogen-bond acceptors (Lipinski definition) is 3. The van der Waals surface area contributed by atoms with Crippen LogP contribution in [-0.4, -0.2) is 16.0 Å². The second-order valence-electron chi connectivity index (χ2n) is 2.86. The van der Waals surface area contributed by atoms with Crippen LogP contribution in [0.4, 0.5) is 0 Å². The third-order valence-corrected chi connectivity index (χ3v) is 1.34. The minimum atomic E-state index is 0.137. The predicted molar refractivity (Wildman–Crippen MR) is 44.1 cm³/mol. The first kappa shape index (κ1) is 8.14. The first-order valence-electron chi connectivity index (χ1n) is 3.71. The maximum Gasteiger partial charge on any atom is 0.129 e. The Balaban J connectivity index is 2.66. The highest BCUT2D eigenvalue weighted by atomic mass is 14.9. The van der Waals surface area contributed by atoms with Crippen LogP contribution in [0.1, 0.15) is 18.3 Å². The number of rotatable bonds is 2. The summed E-state index contributed by atoms with van der Waals surface area (Å²) in [4.78, 5) is 8.25. The van der Waals surface area contributed by atoms with Crippen molar-refractivity contribution in [3.05, 3.63) is 23.8 Å². The van der Waals surface area contributed by atoms with E-state index in [1.807, 2.05) is 26.2 Å². The van der Waals surface area contributed by atoms with Crippen molar-refractivity contribution in [2.24, 2.45) is 5.73 Å². The van der Waals surface area contributed by atoms with E-state index in [2.05, 4.69) is 9.97 Å². The van der Waals surface area contributed by atoms with Crippen LogP contribution in [-0.2, 0) is 6.42 Å². The van der Waals surface area contributed by atoms with Gasteiger partial charge in [0, 0.05) is 24.9 Å². The van der Waals surface area contributed by atoms with E-state index in [-0.39, 0.29) is 6.04 Å². The van der Waals surface area contributed by atoms with Crippen LogP contribution in [0, 0.1) is 6.92 Å². The lowest BCUT2D eigenvalue weighted by Crippen LogP contribution is -2.19. The Labute approximate surface area is 66.7 Å². The molecule has 11 heavy (non-hydrogen) atoms. The van der Waals surface area contributed by atoms with Gasteiger partial charge in [-0.05, 0) is 19.4 Å². The molecule has 1 atom stereocenters. The van der Waals surface area contributed by atoms with Gasteiger partial charge in [-0.1, -0.05) is 0 Å². The van der Waals surface area contributed by atoms with Gasteiger partial charge < -0.3 is 5.73 Å². The molecular formula is C8H13N3. The maximum absolute atomic E-state index is 5.58. The molecule has 0 amide bonds. The van der Waals surface area contributed by atoms with Crippen molar-refractivity contribution in [1.82, 2.24) is 9.97 Å². The van der Waals surface area contributed by atoms with Crippen molar-refractivity contribution in [2.45, 2.75) is 26.3 Å². The van der Waals surface area contributed by atoms with Gasteiger partial charge in [-0.2, -0.15) is 0 Å². The van der Waals surface area contributed by atoms with E-state index in [1.54, 1.807) is 0 Å². The Bertz CT molecular complexity index is 215. The summed E-state index contributed by atoms with van der Waals surface area (Å²) in [6, 6.07) is 0.137. The number of nitrogens with two attached hydrogens (primary N) is 1. The largest absolute Gasteiger partial charge is 0.328 e. The van der Waals surface area contributed by atoms with Gasteiger partial charge >= 0.3 is 0 Å². The fourth-order valence-corrected chi connectivity index (χ4v) is 0.813. The summed E-state index contributed by atoms with van der Waals surface area (Å²) in [6.45, 7) is 3.92. The molecule has 0 aromatic carbocycles. The number of hydrogen-bond donors (Lipinski definition) is 1. The third-order valence-electron chi connectivity index (χ3n) is 1.34. The van der Waals surface area contributed by atoms with Crippen molar-refractivity contribution in [2.75, 3.05) is 0 Å². The summed E-state index contributed by atoms with van der Waals surface area (Å²) in [5, 5.41) is 0. The molecule has 1 heterocycles. The lowest BCUT2D eigenvalue weighted by Gasteiger charge is -2.02. The van der Waals surface area contributed by atoms with E-state index in [0.29, 0.717) is 0 Å². The molecule has 3 heteroatoms. The first-order chi connectivity index (χ1) is 5.18. The highest BCUT2D eigenvalue weighted by molar-refractivity contribution is 5.02. The molecule has 0 fully saturated rings. The lowest BCUT2D eigenvalue weighted by molar-refractivity contribution is 0.700. The average molecular weight is 151 g/mol. The zero-order valence-electron chi connectivity index (χ0n) is 6.91. The highest BCUT2D eigenvalue weighted by Crippen LogP contribution is 1.95. The van der Waals surface area contributed by atoms with Gasteiger partial charge in [-0.25, -0.2) is 9.97 Å². The normalized spacial score (nSPS) is 13.0. The van der Waals surface area contributed by atoms with Crippen molar-refractivity contribution in [3.8, 4) is 0 Å². The van der Waals surface area contributed by atoms with Crippen molar-refractivity contribution < 1.29 is 0 Å². The summed E-state index contributed by atoms with van der Waals surface area (Å²) in [6.07, 6.45) is 4.37. The molecule has 60 valence electrons. The van der Waals surface area contributed by atoms with Gasteiger partial charge in [0.15, 0.2) is 0 Å². The predicted octanol–water partition coefficient (Wildman–Crippen LogP) is 0.675. The van der Waals surface area contributed by atoms with Crippen LogP contribution >= 0.6 is 0 Å². The minimum absolute atomic E-state index is 0.137. The minimum Gasteiger partial charge on any atom is -0.328 e. The highest BCUT2D eigenvalue weighted by Gasteiger charge is 1.98. The number of aryl methyl sites for hydroxylation is 1. The topological polar surface area (TPSA) is 51.8 Å². The van der Waals surface area contributed by atoms with Crippen LogP contribution in [0.5, 0.6) is 0 Å². The quantitative estimate of drug-likeness (QED) is 0.676. The average Bonchev–Trinajstić information content (AvgIpc) is 1.93. The summed E-state index contributed by atoms with van der Waals surface area (Å²) in [5.74, 6) is 0.825. The molecule has 0 spiro atoms. The molecule has 1 rings (SSSR count). The fourth-order valence-electron chi connectivity index (χ4n) is 0.813. The summed E-state index contributed by atoms with van der Waals surface area (Å²) < 4.78 is 0. The molecule has 0 aliphatic heterocycles. The summed E-state index contributed by atoms with van der Waals surface area (Å²) in [7, 11) is 0. The fraction of sp³-hybridized carbons (Fsp3) is 0.500. The molecule has 0 aliphatic carbocycles. The molecule has 0 saturated heterocycles. The molecular weight excluding hydrogens is 138 g/mol. The lowest BCUT2D eigenvalue weighted by atomic mass is 10.2. The van der Waals surface area contributed by atoms with Crippen LogP contribution in [0.3, 0.4) is 0 Å². The molecule has 1 aromatic heterocycles. The van der Waals surface area contributed by atoms with Gasteiger partial charge in [-0.15, -0.1) is 0 Å². The van der Waals surface area contributed by atoms with Crippen LogP contribution < -0.4 is 5.73 Å². The number of nitrogens with zero attached hydrogens (tertiary/aromatic N) is 2. The van der Waals surface area contributed by atoms with Crippen molar-refractivity contribution >= 4 is 0 Å². The molecule has 0 aliphatic rings. The molecule has 2 N–H and O–H groups in total. The molecule has 1 unspecified atom stereocenters. The van der Waals surface area contributed by atoms with E-state index in [9.17, 15) is 0 Å². The van der Waals surface area contributed by atoms with Gasteiger partial charge in [0.05, 0.1) is 0 Å². The second kappa shape index (κ2) is 3.44.